The topological polar surface area (TPSA) is 94.6 Å². The number of hydrogen-bond donors (Lipinski definition) is 1. The summed E-state index contributed by atoms with van der Waals surface area (Å²) in [5.74, 6) is -1.27. The van der Waals surface area contributed by atoms with Crippen LogP contribution in [0.25, 0.3) is 0 Å². The summed E-state index contributed by atoms with van der Waals surface area (Å²) in [5.41, 5.74) is 1.59. The molecule has 2 rings (SSSR count). The zero-order chi connectivity index (χ0) is 18.1. The highest BCUT2D eigenvalue weighted by molar-refractivity contribution is 7.14. The monoisotopic (exact) mass is 382 g/mol. The molecule has 2 heterocycles. The second-order valence-electron chi connectivity index (χ2n) is 4.97. The van der Waals surface area contributed by atoms with E-state index in [-0.39, 0.29) is 25.4 Å². The van der Waals surface area contributed by atoms with E-state index in [9.17, 15) is 14.4 Å². The molecule has 25 heavy (non-hydrogen) atoms. The molecule has 0 aromatic carbocycles. The van der Waals surface area contributed by atoms with Crippen molar-refractivity contribution in [2.75, 3.05) is 18.5 Å². The summed E-state index contributed by atoms with van der Waals surface area (Å²) < 4.78 is 9.77. The molecular weight excluding hydrogens is 364 g/mol. The number of carbonyl (C=O) groups excluding carboxylic acids is 3. The van der Waals surface area contributed by atoms with Crippen LogP contribution in [0.2, 0.25) is 0 Å². The number of esters is 2. The van der Waals surface area contributed by atoms with E-state index in [1.165, 1.54) is 11.3 Å². The number of nitrogens with zero attached hydrogens (tertiary/aromatic N) is 1. The Morgan fingerprint density at radius 1 is 1.20 bits per heavy atom. The van der Waals surface area contributed by atoms with Gasteiger partial charge in [0.05, 0.1) is 18.7 Å². The Labute approximate surface area is 153 Å². The Hall–Kier alpha value is -2.26. The maximum Gasteiger partial charge on any atom is 0.311 e. The molecule has 7 nitrogen and oxygen atoms in total. The van der Waals surface area contributed by atoms with Gasteiger partial charge < -0.3 is 9.47 Å². The van der Waals surface area contributed by atoms with E-state index < -0.39 is 11.9 Å². The van der Waals surface area contributed by atoms with Crippen LogP contribution in [0.5, 0.6) is 0 Å². The highest BCUT2D eigenvalue weighted by Crippen LogP contribution is 2.16. The zero-order valence-corrected chi connectivity index (χ0v) is 15.3. The second-order valence-corrected chi connectivity index (χ2v) is 6.60. The predicted octanol–water partition coefficient (Wildman–Crippen LogP) is 2.42. The lowest BCUT2D eigenvalue weighted by atomic mass is 10.2. The van der Waals surface area contributed by atoms with Crippen molar-refractivity contribution in [2.24, 2.45) is 0 Å². The number of thiazole rings is 1. The van der Waals surface area contributed by atoms with E-state index in [1.54, 1.807) is 23.6 Å². The van der Waals surface area contributed by atoms with Crippen molar-refractivity contribution in [1.82, 2.24) is 4.98 Å². The summed E-state index contributed by atoms with van der Waals surface area (Å²) in [5, 5.41) is 8.46. The van der Waals surface area contributed by atoms with Crippen LogP contribution in [0.4, 0.5) is 5.13 Å². The first-order chi connectivity index (χ1) is 12.1. The molecule has 2 aromatic rings. The lowest BCUT2D eigenvalue weighted by Crippen LogP contribution is -2.21. The molecule has 0 aliphatic carbocycles. The first-order valence-electron chi connectivity index (χ1n) is 7.63. The summed E-state index contributed by atoms with van der Waals surface area (Å²) >= 11 is 2.76. The van der Waals surface area contributed by atoms with Gasteiger partial charge in [-0.15, -0.1) is 11.3 Å². The van der Waals surface area contributed by atoms with Gasteiger partial charge in [-0.3, -0.25) is 19.7 Å². The molecular formula is C16H18N2O5S2. The van der Waals surface area contributed by atoms with E-state index >= 15 is 0 Å². The molecule has 0 unspecified atom stereocenters. The maximum atomic E-state index is 11.8. The summed E-state index contributed by atoms with van der Waals surface area (Å²) in [7, 11) is 0. The van der Waals surface area contributed by atoms with Crippen LogP contribution >= 0.6 is 22.7 Å². The lowest BCUT2D eigenvalue weighted by Gasteiger charge is -2.04. The summed E-state index contributed by atoms with van der Waals surface area (Å²) in [6.07, 6.45) is 0.871. The van der Waals surface area contributed by atoms with E-state index in [1.807, 2.05) is 16.8 Å². The fourth-order valence-electron chi connectivity index (χ4n) is 1.86. The van der Waals surface area contributed by atoms with Crippen molar-refractivity contribution in [3.63, 3.8) is 0 Å². The average molecular weight is 382 g/mol. The van der Waals surface area contributed by atoms with Gasteiger partial charge in [0.25, 0.3) is 5.91 Å². The third kappa shape index (κ3) is 7.02. The largest absolute Gasteiger partial charge is 0.466 e. The SMILES string of the molecule is CCOC(=O)Cc1csc(NC(=O)COC(=O)CCc2ccsc2)n1. The van der Waals surface area contributed by atoms with Gasteiger partial charge in [0.15, 0.2) is 11.7 Å². The van der Waals surface area contributed by atoms with Gasteiger partial charge in [0.1, 0.15) is 0 Å². The normalized spacial score (nSPS) is 10.3. The van der Waals surface area contributed by atoms with Crippen LogP contribution in [0, 0.1) is 0 Å². The Balaban J connectivity index is 1.68. The van der Waals surface area contributed by atoms with Gasteiger partial charge in [0, 0.05) is 11.8 Å². The molecule has 0 aliphatic rings. The molecule has 9 heteroatoms. The molecule has 0 fully saturated rings. The molecule has 1 amide bonds. The molecule has 134 valence electrons. The van der Waals surface area contributed by atoms with Crippen LogP contribution in [0.15, 0.2) is 22.2 Å². The fraction of sp³-hybridized carbons (Fsp3) is 0.375. The summed E-state index contributed by atoms with van der Waals surface area (Å²) in [6.45, 7) is 1.67. The molecule has 0 aliphatic heterocycles. The summed E-state index contributed by atoms with van der Waals surface area (Å²) in [6, 6.07) is 1.95. The number of hydrogen-bond acceptors (Lipinski definition) is 8. The highest BCUT2D eigenvalue weighted by atomic mass is 32.1. The number of amides is 1. The Morgan fingerprint density at radius 3 is 2.76 bits per heavy atom. The fourth-order valence-corrected chi connectivity index (χ4v) is 3.29. The quantitative estimate of drug-likeness (QED) is 0.670. The van der Waals surface area contributed by atoms with Crippen molar-refractivity contribution in [3.8, 4) is 0 Å². The Morgan fingerprint density at radius 2 is 2.04 bits per heavy atom. The lowest BCUT2D eigenvalue weighted by molar-refractivity contribution is -0.147. The number of anilines is 1. The molecule has 0 bridgehead atoms. The Bertz CT molecular complexity index is 712. The van der Waals surface area contributed by atoms with Crippen molar-refractivity contribution in [1.29, 1.82) is 0 Å². The number of ether oxygens (including phenoxy) is 2. The van der Waals surface area contributed by atoms with E-state index in [0.717, 1.165) is 5.56 Å². The number of nitrogens with one attached hydrogen (secondary N) is 1. The minimum absolute atomic E-state index is 0.0534. The van der Waals surface area contributed by atoms with Gasteiger partial charge in [-0.25, -0.2) is 4.98 Å². The van der Waals surface area contributed by atoms with Crippen LogP contribution in [0.3, 0.4) is 0 Å². The van der Waals surface area contributed by atoms with Gasteiger partial charge in [0.2, 0.25) is 0 Å². The predicted molar refractivity (Wildman–Crippen MR) is 94.7 cm³/mol. The van der Waals surface area contributed by atoms with Crippen LogP contribution < -0.4 is 5.32 Å². The average Bonchev–Trinajstić information content (AvgIpc) is 3.23. The van der Waals surface area contributed by atoms with Crippen LogP contribution in [-0.2, 0) is 36.7 Å². The molecule has 0 spiro atoms. The number of rotatable bonds is 9. The third-order valence-corrected chi connectivity index (χ3v) is 4.53. The van der Waals surface area contributed by atoms with Crippen LogP contribution in [-0.4, -0.2) is 36.0 Å². The highest BCUT2D eigenvalue weighted by Gasteiger charge is 2.12. The number of aryl methyl sites for hydroxylation is 1. The number of carbonyl (C=O) groups is 3. The standard InChI is InChI=1S/C16H18N2O5S2/c1-2-22-15(21)7-12-10-25-16(17-12)18-13(19)8-23-14(20)4-3-11-5-6-24-9-11/h5-6,9-10H,2-4,7-8H2,1H3,(H,17,18,19). The molecule has 2 aromatic heterocycles. The Kier molecular flexibility index (Phi) is 7.55. The van der Waals surface area contributed by atoms with Gasteiger partial charge in [-0.1, -0.05) is 0 Å². The van der Waals surface area contributed by atoms with E-state index in [4.69, 9.17) is 9.47 Å². The molecule has 0 atom stereocenters. The van der Waals surface area contributed by atoms with Crippen molar-refractivity contribution < 1.29 is 23.9 Å². The van der Waals surface area contributed by atoms with Crippen molar-refractivity contribution in [3.05, 3.63) is 33.5 Å². The van der Waals surface area contributed by atoms with Crippen molar-refractivity contribution in [2.45, 2.75) is 26.2 Å². The smallest absolute Gasteiger partial charge is 0.311 e. The van der Waals surface area contributed by atoms with Crippen LogP contribution in [0.1, 0.15) is 24.6 Å². The molecule has 0 radical (unpaired) electrons. The van der Waals surface area contributed by atoms with Gasteiger partial charge in [-0.05, 0) is 35.7 Å². The summed E-state index contributed by atoms with van der Waals surface area (Å²) in [4.78, 5) is 38.9. The van der Waals surface area contributed by atoms with E-state index in [0.29, 0.717) is 23.9 Å². The zero-order valence-electron chi connectivity index (χ0n) is 13.6. The first-order valence-corrected chi connectivity index (χ1v) is 9.45. The third-order valence-electron chi connectivity index (χ3n) is 2.99. The van der Waals surface area contributed by atoms with E-state index in [2.05, 4.69) is 10.3 Å². The second kappa shape index (κ2) is 9.90. The minimum atomic E-state index is -0.471. The maximum absolute atomic E-state index is 11.8. The number of thiophene rings is 1. The van der Waals surface area contributed by atoms with Gasteiger partial charge >= 0.3 is 11.9 Å². The first kappa shape index (κ1) is 19.1. The van der Waals surface area contributed by atoms with Gasteiger partial charge in [-0.2, -0.15) is 11.3 Å². The number of aromatic nitrogens is 1. The van der Waals surface area contributed by atoms with Crippen molar-refractivity contribution >= 4 is 45.7 Å². The molecule has 0 saturated heterocycles. The minimum Gasteiger partial charge on any atom is -0.466 e. The molecule has 1 N–H and O–H groups in total. The molecule has 0 saturated carbocycles.